The number of aromatic nitrogens is 1. The number of methoxy groups -OCH3 is 1. The number of anilines is 1. The van der Waals surface area contributed by atoms with Crippen molar-refractivity contribution in [3.63, 3.8) is 0 Å². The first-order chi connectivity index (χ1) is 20.7. The maximum atomic E-state index is 10.9. The van der Waals surface area contributed by atoms with E-state index in [9.17, 15) is 4.79 Å². The van der Waals surface area contributed by atoms with Crippen LogP contribution in [0.4, 0.5) is 10.5 Å². The largest absolute Gasteiger partial charge is 0.571 e. The summed E-state index contributed by atoms with van der Waals surface area (Å²) in [7, 11) is 1.27. The van der Waals surface area contributed by atoms with E-state index in [0.29, 0.717) is 0 Å². The van der Waals surface area contributed by atoms with Gasteiger partial charge in [-0.2, -0.15) is 26.6 Å². The minimum Gasteiger partial charge on any atom is -0.434 e. The molecule has 212 valence electrons. The van der Waals surface area contributed by atoms with Gasteiger partial charge in [0.25, 0.3) is 0 Å². The third-order valence-corrected chi connectivity index (χ3v) is 7.71. The molecule has 0 saturated carbocycles. The second kappa shape index (κ2) is 14.1. The fraction of sp³-hybridized carbons (Fsp3) is 0.143. The van der Waals surface area contributed by atoms with Crippen LogP contribution in [0.25, 0.3) is 0 Å². The van der Waals surface area contributed by atoms with Gasteiger partial charge in [-0.3, -0.25) is 0 Å². The summed E-state index contributed by atoms with van der Waals surface area (Å²) in [4.78, 5) is 17.9. The van der Waals surface area contributed by atoms with Crippen LogP contribution in [0.5, 0.6) is 0 Å². The average molecular weight is 558 g/mol. The predicted octanol–water partition coefficient (Wildman–Crippen LogP) is 3.07. The van der Waals surface area contributed by atoms with Crippen molar-refractivity contribution in [3.8, 4) is 0 Å². The molecule has 4 aromatic carbocycles. The van der Waals surface area contributed by atoms with Crippen LogP contribution in [0.1, 0.15) is 0 Å². The summed E-state index contributed by atoms with van der Waals surface area (Å²) in [6.07, 6.45) is 1.38. The van der Waals surface area contributed by atoms with Gasteiger partial charge in [0.1, 0.15) is 6.15 Å². The first kappa shape index (κ1) is 28.6. The molecule has 0 spiro atoms. The molecule has 0 radical (unpaired) electrons. The molecule has 1 aliphatic heterocycles. The molecule has 0 unspecified atom stereocenters. The van der Waals surface area contributed by atoms with Crippen LogP contribution in [0.3, 0.4) is 0 Å². The van der Waals surface area contributed by atoms with E-state index in [4.69, 9.17) is 9.57 Å². The van der Waals surface area contributed by atoms with Gasteiger partial charge in [0, 0.05) is 35.6 Å². The van der Waals surface area contributed by atoms with Crippen molar-refractivity contribution >= 4 is 39.8 Å². The normalized spacial score (nSPS) is 12.9. The Morgan fingerprint density at radius 3 is 1.38 bits per heavy atom. The second-order valence-corrected chi connectivity index (χ2v) is 10.1. The van der Waals surface area contributed by atoms with Gasteiger partial charge in [0.05, 0.1) is 20.3 Å². The van der Waals surface area contributed by atoms with Gasteiger partial charge in [0.2, 0.25) is 12.4 Å². The zero-order valence-electron chi connectivity index (χ0n) is 23.8. The third kappa shape index (κ3) is 6.53. The number of benzene rings is 4. The Labute approximate surface area is 247 Å². The van der Waals surface area contributed by atoms with Crippen LogP contribution >= 0.6 is 0 Å². The number of ether oxygens (including phenoxy) is 2. The minimum absolute atomic E-state index is 0.742. The molecule has 6 rings (SSSR count). The summed E-state index contributed by atoms with van der Waals surface area (Å²) < 4.78 is 11.0. The first-order valence-corrected chi connectivity index (χ1v) is 14.2. The van der Waals surface area contributed by atoms with Crippen molar-refractivity contribution in [1.82, 2.24) is 0 Å². The highest BCUT2D eigenvalue weighted by atomic mass is 16.8. The monoisotopic (exact) mass is 558 g/mol. The van der Waals surface area contributed by atoms with E-state index in [2.05, 4.69) is 131 Å². The van der Waals surface area contributed by atoms with Crippen molar-refractivity contribution in [1.29, 1.82) is 0 Å². The summed E-state index contributed by atoms with van der Waals surface area (Å²) in [5.41, 5.74) is 6.44. The molecule has 7 heteroatoms. The lowest BCUT2D eigenvalue weighted by molar-refractivity contribution is -0.870. The van der Waals surface area contributed by atoms with Crippen LogP contribution < -0.4 is 36.3 Å². The quantitative estimate of drug-likeness (QED) is 0.182. The molecule has 42 heavy (non-hydrogen) atoms. The Balaban J connectivity index is 0.000000181. The van der Waals surface area contributed by atoms with E-state index in [1.165, 1.54) is 33.7 Å². The van der Waals surface area contributed by atoms with E-state index >= 15 is 0 Å². The van der Waals surface area contributed by atoms with Gasteiger partial charge in [0.15, 0.2) is 0 Å². The Morgan fingerprint density at radius 2 is 1.02 bits per heavy atom. The van der Waals surface area contributed by atoms with Crippen LogP contribution in [0.2, 0.25) is 0 Å². The van der Waals surface area contributed by atoms with Crippen LogP contribution in [0, 0.1) is 0 Å². The van der Waals surface area contributed by atoms with Crippen molar-refractivity contribution < 1.29 is 23.8 Å². The molecule has 0 bridgehead atoms. The number of pyridine rings is 1. The molecule has 1 aromatic heterocycles. The summed E-state index contributed by atoms with van der Waals surface area (Å²) in [5, 5.41) is 0. The van der Waals surface area contributed by atoms with Crippen LogP contribution in [-0.4, -0.2) is 45.7 Å². The van der Waals surface area contributed by atoms with Crippen LogP contribution in [-0.2, 0) is 9.47 Å². The van der Waals surface area contributed by atoms with E-state index in [1.54, 1.807) is 12.4 Å². The standard InChI is InChI=1S/C24H20B.C11H15N2O4/c1-5-13-21(14-6-1)25(22-15-7-2-8-16-22,23-17-9-3-10-18-23)24-19-11-4-12-20-24;1-15-11(14)17-13-4-2-10(3-5-13)12-6-8-16-9-7-12/h1-20H;2-5H,6-9H2,1H3/q-1;+1. The zero-order chi connectivity index (χ0) is 29.0. The molecule has 0 atom stereocenters. The fourth-order valence-electron chi connectivity index (χ4n) is 5.74. The fourth-order valence-corrected chi connectivity index (χ4v) is 5.74. The Bertz CT molecular complexity index is 1350. The summed E-state index contributed by atoms with van der Waals surface area (Å²) >= 11 is 0. The highest BCUT2D eigenvalue weighted by molar-refractivity contribution is 7.19. The third-order valence-electron chi connectivity index (χ3n) is 7.71. The van der Waals surface area contributed by atoms with Crippen molar-refractivity contribution in [2.75, 3.05) is 38.3 Å². The van der Waals surface area contributed by atoms with Gasteiger partial charge in [-0.1, -0.05) is 121 Å². The SMILES string of the molecule is COC(=O)O[n+]1ccc(N2CCOCC2)cc1.c1ccc([B-](c2ccccc2)(c2ccccc2)c2ccccc2)cc1. The van der Waals surface area contributed by atoms with E-state index in [0.717, 1.165) is 32.0 Å². The molecule has 1 fully saturated rings. The van der Waals surface area contributed by atoms with Crippen molar-refractivity contribution in [3.05, 3.63) is 146 Å². The molecule has 0 amide bonds. The lowest BCUT2D eigenvalue weighted by Crippen LogP contribution is -2.74. The highest BCUT2D eigenvalue weighted by Crippen LogP contribution is 2.13. The molecular weight excluding hydrogens is 523 g/mol. The van der Waals surface area contributed by atoms with Gasteiger partial charge in [-0.05, 0) is 0 Å². The molecule has 0 N–H and O–H groups in total. The van der Waals surface area contributed by atoms with E-state index < -0.39 is 12.3 Å². The van der Waals surface area contributed by atoms with E-state index in [1.807, 2.05) is 12.1 Å². The second-order valence-electron chi connectivity index (χ2n) is 10.1. The van der Waals surface area contributed by atoms with Crippen molar-refractivity contribution in [2.45, 2.75) is 0 Å². The molecule has 2 heterocycles. The van der Waals surface area contributed by atoms with Crippen molar-refractivity contribution in [2.24, 2.45) is 0 Å². The maximum absolute atomic E-state index is 10.9. The molecule has 1 aliphatic rings. The zero-order valence-corrected chi connectivity index (χ0v) is 23.8. The highest BCUT2D eigenvalue weighted by Gasteiger charge is 2.31. The lowest BCUT2D eigenvalue weighted by Gasteiger charge is -2.44. The molecule has 0 aliphatic carbocycles. The predicted molar refractivity (Wildman–Crippen MR) is 169 cm³/mol. The number of hydrogen-bond donors (Lipinski definition) is 0. The number of nitrogens with zero attached hydrogens (tertiary/aromatic N) is 2. The minimum atomic E-state index is -1.22. The lowest BCUT2D eigenvalue weighted by atomic mass is 9.13. The maximum Gasteiger partial charge on any atom is 0.571 e. The summed E-state index contributed by atoms with van der Waals surface area (Å²) in [6.45, 7) is 3.24. The van der Waals surface area contributed by atoms with Gasteiger partial charge in [-0.15, -0.1) is 4.84 Å². The average Bonchev–Trinajstić information content (AvgIpc) is 3.08. The number of morpholine rings is 1. The molecule has 1 saturated heterocycles. The molecule has 5 aromatic rings. The van der Waals surface area contributed by atoms with Gasteiger partial charge in [-0.25, -0.2) is 0 Å². The summed E-state index contributed by atoms with van der Waals surface area (Å²) in [5.74, 6) is 0. The Hall–Kier alpha value is -4.88. The first-order valence-electron chi connectivity index (χ1n) is 14.2. The van der Waals surface area contributed by atoms with Gasteiger partial charge < -0.3 is 14.4 Å². The smallest absolute Gasteiger partial charge is 0.434 e. The summed E-state index contributed by atoms with van der Waals surface area (Å²) in [6, 6.07) is 47.3. The van der Waals surface area contributed by atoms with Gasteiger partial charge >= 0.3 is 6.16 Å². The Kier molecular flexibility index (Phi) is 9.65. The number of carbonyl (C=O) groups excluding carboxylic acids is 1. The molecule has 6 nitrogen and oxygen atoms in total. The topological polar surface area (TPSA) is 51.9 Å². The molecular formula is C35H35BN2O4. The number of rotatable bonds is 6. The number of hydrogen-bond acceptors (Lipinski definition) is 5. The van der Waals surface area contributed by atoms with Crippen LogP contribution in [0.15, 0.2) is 146 Å². The van der Waals surface area contributed by atoms with E-state index in [-0.39, 0.29) is 0 Å². The number of carbonyl (C=O) groups is 1. The Morgan fingerprint density at radius 1 is 0.643 bits per heavy atom.